The van der Waals surface area contributed by atoms with Crippen LogP contribution in [-0.2, 0) is 0 Å². The number of piperidine rings is 1. The molecule has 1 saturated heterocycles. The number of pyridine rings is 1. The van der Waals surface area contributed by atoms with Crippen LogP contribution in [0.2, 0.25) is 0 Å². The molecule has 1 aliphatic heterocycles. The van der Waals surface area contributed by atoms with E-state index < -0.39 is 0 Å². The average Bonchev–Trinajstić information content (AvgIpc) is 2.74. The summed E-state index contributed by atoms with van der Waals surface area (Å²) in [6.07, 6.45) is 4.26. The molecule has 1 unspecified atom stereocenters. The van der Waals surface area contributed by atoms with E-state index in [1.54, 1.807) is 6.20 Å². The zero-order valence-electron chi connectivity index (χ0n) is 8.53. The first-order chi connectivity index (χ1) is 7.45. The molecule has 78 valence electrons. The molecule has 1 fully saturated rings. The number of H-pyrrole nitrogens is 1. The van der Waals surface area contributed by atoms with Crippen molar-refractivity contribution in [2.75, 3.05) is 13.1 Å². The Bertz CT molecular complexity index is 456. The van der Waals surface area contributed by atoms with Crippen molar-refractivity contribution in [1.82, 2.24) is 20.5 Å². The van der Waals surface area contributed by atoms with Crippen LogP contribution in [0.3, 0.4) is 0 Å². The first-order valence-corrected chi connectivity index (χ1v) is 5.45. The van der Waals surface area contributed by atoms with Gasteiger partial charge in [-0.1, -0.05) is 0 Å². The third-order valence-corrected chi connectivity index (χ3v) is 3.06. The minimum absolute atomic E-state index is 0.563. The van der Waals surface area contributed by atoms with Gasteiger partial charge in [0, 0.05) is 29.7 Å². The Morgan fingerprint density at radius 3 is 3.27 bits per heavy atom. The zero-order chi connectivity index (χ0) is 10.1. The maximum atomic E-state index is 4.23. The molecule has 1 atom stereocenters. The molecule has 4 nitrogen and oxygen atoms in total. The molecule has 2 aromatic heterocycles. The van der Waals surface area contributed by atoms with Gasteiger partial charge in [-0.2, -0.15) is 5.10 Å². The molecule has 0 spiro atoms. The molecular formula is C11H14N4. The maximum absolute atomic E-state index is 4.23. The minimum atomic E-state index is 0.563. The Hall–Kier alpha value is -1.42. The highest BCUT2D eigenvalue weighted by Gasteiger charge is 2.19. The van der Waals surface area contributed by atoms with Crippen LogP contribution in [0.25, 0.3) is 11.0 Å². The van der Waals surface area contributed by atoms with Crippen molar-refractivity contribution in [2.24, 2.45) is 0 Å². The second-order valence-electron chi connectivity index (χ2n) is 4.06. The van der Waals surface area contributed by atoms with Gasteiger partial charge in [0.05, 0.1) is 0 Å². The van der Waals surface area contributed by atoms with Crippen molar-refractivity contribution < 1.29 is 0 Å². The first kappa shape index (κ1) is 8.85. The Kier molecular flexibility index (Phi) is 2.14. The molecule has 0 aliphatic carbocycles. The number of hydrogen-bond donors (Lipinski definition) is 2. The number of aromatic amines is 1. The number of fused-ring (bicyclic) bond motifs is 1. The van der Waals surface area contributed by atoms with Gasteiger partial charge in [-0.15, -0.1) is 0 Å². The van der Waals surface area contributed by atoms with E-state index in [1.807, 2.05) is 6.07 Å². The molecular weight excluding hydrogens is 188 g/mol. The van der Waals surface area contributed by atoms with E-state index in [-0.39, 0.29) is 0 Å². The minimum Gasteiger partial charge on any atom is -0.316 e. The van der Waals surface area contributed by atoms with Crippen LogP contribution < -0.4 is 5.32 Å². The molecule has 3 heterocycles. The monoisotopic (exact) mass is 202 g/mol. The summed E-state index contributed by atoms with van der Waals surface area (Å²) < 4.78 is 0. The van der Waals surface area contributed by atoms with E-state index in [9.17, 15) is 0 Å². The second kappa shape index (κ2) is 3.62. The van der Waals surface area contributed by atoms with Crippen LogP contribution in [0.5, 0.6) is 0 Å². The van der Waals surface area contributed by atoms with Crippen LogP contribution in [0.15, 0.2) is 18.3 Å². The summed E-state index contributed by atoms with van der Waals surface area (Å²) in [5, 5.41) is 12.0. The average molecular weight is 202 g/mol. The van der Waals surface area contributed by atoms with Crippen molar-refractivity contribution in [2.45, 2.75) is 18.8 Å². The summed E-state index contributed by atoms with van der Waals surface area (Å²) in [5.74, 6) is 0.563. The van der Waals surface area contributed by atoms with Gasteiger partial charge < -0.3 is 5.32 Å². The Morgan fingerprint density at radius 2 is 2.40 bits per heavy atom. The number of aromatic nitrogens is 3. The molecule has 0 bridgehead atoms. The normalized spacial score (nSPS) is 22.0. The third-order valence-electron chi connectivity index (χ3n) is 3.06. The summed E-state index contributed by atoms with van der Waals surface area (Å²) in [5.41, 5.74) is 2.07. The molecule has 2 aromatic rings. The van der Waals surface area contributed by atoms with Crippen molar-refractivity contribution in [3.8, 4) is 0 Å². The molecule has 15 heavy (non-hydrogen) atoms. The highest BCUT2D eigenvalue weighted by molar-refractivity contribution is 5.77. The predicted octanol–water partition coefficient (Wildman–Crippen LogP) is 1.42. The quantitative estimate of drug-likeness (QED) is 0.735. The van der Waals surface area contributed by atoms with Crippen LogP contribution >= 0.6 is 0 Å². The van der Waals surface area contributed by atoms with Crippen LogP contribution in [-0.4, -0.2) is 28.3 Å². The summed E-state index contributed by atoms with van der Waals surface area (Å²) in [4.78, 5) is 4.23. The largest absolute Gasteiger partial charge is 0.316 e. The fraction of sp³-hybridized carbons (Fsp3) is 0.455. The second-order valence-corrected chi connectivity index (χ2v) is 4.06. The van der Waals surface area contributed by atoms with Crippen LogP contribution in [0, 0.1) is 0 Å². The molecule has 3 rings (SSSR count). The Balaban J connectivity index is 2.02. The van der Waals surface area contributed by atoms with Gasteiger partial charge in [0.2, 0.25) is 0 Å². The number of hydrogen-bond acceptors (Lipinski definition) is 3. The van der Waals surface area contributed by atoms with E-state index in [1.165, 1.54) is 23.9 Å². The fourth-order valence-corrected chi connectivity index (χ4v) is 2.28. The summed E-state index contributed by atoms with van der Waals surface area (Å²) >= 11 is 0. The molecule has 1 aliphatic rings. The molecule has 0 radical (unpaired) electrons. The predicted molar refractivity (Wildman–Crippen MR) is 58.7 cm³/mol. The van der Waals surface area contributed by atoms with Gasteiger partial charge in [0.15, 0.2) is 5.65 Å². The lowest BCUT2D eigenvalue weighted by molar-refractivity contribution is 0.456. The standard InChI is InChI=1S/C11H14N4/c1-3-8(7-12-5-1)10-9-4-2-6-13-11(9)15-14-10/h2,4,6,8,12H,1,3,5,7H2,(H,13,14,15). The highest BCUT2D eigenvalue weighted by Crippen LogP contribution is 2.26. The smallest absolute Gasteiger partial charge is 0.181 e. The molecule has 0 aromatic carbocycles. The van der Waals surface area contributed by atoms with Gasteiger partial charge in [0.1, 0.15) is 0 Å². The lowest BCUT2D eigenvalue weighted by atomic mass is 9.94. The summed E-state index contributed by atoms with van der Waals surface area (Å²) in [7, 11) is 0. The number of nitrogens with zero attached hydrogens (tertiary/aromatic N) is 2. The Labute approximate surface area is 88.1 Å². The zero-order valence-corrected chi connectivity index (χ0v) is 8.53. The van der Waals surface area contributed by atoms with Crippen molar-refractivity contribution >= 4 is 11.0 Å². The topological polar surface area (TPSA) is 53.6 Å². The fourth-order valence-electron chi connectivity index (χ4n) is 2.28. The van der Waals surface area contributed by atoms with E-state index in [0.29, 0.717) is 5.92 Å². The lowest BCUT2D eigenvalue weighted by Gasteiger charge is -2.21. The number of rotatable bonds is 1. The summed E-state index contributed by atoms with van der Waals surface area (Å²) in [6, 6.07) is 4.06. The van der Waals surface area contributed by atoms with Crippen molar-refractivity contribution in [1.29, 1.82) is 0 Å². The van der Waals surface area contributed by atoms with E-state index in [0.717, 1.165) is 18.7 Å². The molecule has 4 heteroatoms. The first-order valence-electron chi connectivity index (χ1n) is 5.45. The van der Waals surface area contributed by atoms with Gasteiger partial charge in [-0.25, -0.2) is 4.98 Å². The molecule has 0 amide bonds. The van der Waals surface area contributed by atoms with Gasteiger partial charge in [0.25, 0.3) is 0 Å². The van der Waals surface area contributed by atoms with E-state index >= 15 is 0 Å². The Morgan fingerprint density at radius 1 is 1.40 bits per heavy atom. The van der Waals surface area contributed by atoms with Gasteiger partial charge in [-0.3, -0.25) is 5.10 Å². The lowest BCUT2D eigenvalue weighted by Crippen LogP contribution is -2.28. The third kappa shape index (κ3) is 1.51. The maximum Gasteiger partial charge on any atom is 0.181 e. The molecule has 0 saturated carbocycles. The van der Waals surface area contributed by atoms with Crippen LogP contribution in [0.4, 0.5) is 0 Å². The summed E-state index contributed by atoms with van der Waals surface area (Å²) in [6.45, 7) is 2.19. The van der Waals surface area contributed by atoms with Crippen LogP contribution in [0.1, 0.15) is 24.5 Å². The van der Waals surface area contributed by atoms with E-state index in [2.05, 4.69) is 26.6 Å². The number of nitrogens with one attached hydrogen (secondary N) is 2. The molecule has 2 N–H and O–H groups in total. The van der Waals surface area contributed by atoms with Crippen molar-refractivity contribution in [3.63, 3.8) is 0 Å². The van der Waals surface area contributed by atoms with Crippen molar-refractivity contribution in [3.05, 3.63) is 24.0 Å². The highest BCUT2D eigenvalue weighted by atomic mass is 15.2. The van der Waals surface area contributed by atoms with Gasteiger partial charge >= 0.3 is 0 Å². The van der Waals surface area contributed by atoms with Gasteiger partial charge in [-0.05, 0) is 31.5 Å². The SMILES string of the molecule is c1cnc2n[nH]c(C3CCCNC3)c2c1. The van der Waals surface area contributed by atoms with E-state index in [4.69, 9.17) is 0 Å².